The largest absolute Gasteiger partial charge is 0.497 e. The predicted molar refractivity (Wildman–Crippen MR) is 82.5 cm³/mol. The minimum Gasteiger partial charge on any atom is -0.497 e. The van der Waals surface area contributed by atoms with Crippen LogP contribution in [0.3, 0.4) is 0 Å². The highest BCUT2D eigenvalue weighted by Gasteiger charge is 2.17. The molecule has 0 fully saturated rings. The summed E-state index contributed by atoms with van der Waals surface area (Å²) in [6, 6.07) is 5.63. The second-order valence-corrected chi connectivity index (χ2v) is 4.88. The Balaban J connectivity index is 2.55. The van der Waals surface area contributed by atoms with E-state index >= 15 is 0 Å². The molecule has 1 heterocycles. The number of aromatic nitrogens is 1. The van der Waals surface area contributed by atoms with E-state index in [9.17, 15) is 4.79 Å². The van der Waals surface area contributed by atoms with Gasteiger partial charge >= 0.3 is 0 Å². The lowest BCUT2D eigenvalue weighted by atomic mass is 10.1. The summed E-state index contributed by atoms with van der Waals surface area (Å²) in [5, 5.41) is 0.681. The summed E-state index contributed by atoms with van der Waals surface area (Å²) in [4.78, 5) is 18.1. The van der Waals surface area contributed by atoms with Gasteiger partial charge in [-0.2, -0.15) is 0 Å². The van der Waals surface area contributed by atoms with Crippen LogP contribution in [0, 0.1) is 0 Å². The lowest BCUT2D eigenvalue weighted by Crippen LogP contribution is -2.30. The molecule has 0 radical (unpaired) electrons. The molecule has 2 rings (SSSR count). The van der Waals surface area contributed by atoms with Gasteiger partial charge in [0.25, 0.3) is 0 Å². The maximum absolute atomic E-state index is 12.7. The molecule has 4 heteroatoms. The maximum Gasteiger partial charge on any atom is 0.194 e. The van der Waals surface area contributed by atoms with Crippen LogP contribution in [0.4, 0.5) is 0 Å². The molecule has 1 atom stereocenters. The lowest BCUT2D eigenvalue weighted by Gasteiger charge is -2.26. The van der Waals surface area contributed by atoms with Crippen LogP contribution in [0.15, 0.2) is 29.2 Å². The number of methoxy groups -OCH3 is 1. The van der Waals surface area contributed by atoms with E-state index in [0.29, 0.717) is 11.1 Å². The summed E-state index contributed by atoms with van der Waals surface area (Å²) in [5.74, 6) is 0.704. The molecule has 4 nitrogen and oxygen atoms in total. The third-order valence-electron chi connectivity index (χ3n) is 3.93. The van der Waals surface area contributed by atoms with Crippen LogP contribution >= 0.6 is 0 Å². The van der Waals surface area contributed by atoms with E-state index in [0.717, 1.165) is 24.2 Å². The van der Waals surface area contributed by atoms with Gasteiger partial charge in [0, 0.05) is 28.7 Å². The van der Waals surface area contributed by atoms with Gasteiger partial charge < -0.3 is 9.72 Å². The first-order valence-electron chi connectivity index (χ1n) is 7.05. The fraction of sp³-hybridized carbons (Fsp3) is 0.438. The Morgan fingerprint density at radius 2 is 2.00 bits per heavy atom. The van der Waals surface area contributed by atoms with Gasteiger partial charge in [-0.15, -0.1) is 0 Å². The highest BCUT2D eigenvalue weighted by molar-refractivity contribution is 5.80. The summed E-state index contributed by atoms with van der Waals surface area (Å²) < 4.78 is 5.20. The monoisotopic (exact) mass is 274 g/mol. The third-order valence-corrected chi connectivity index (χ3v) is 3.93. The van der Waals surface area contributed by atoms with Gasteiger partial charge in [-0.3, -0.25) is 9.69 Å². The SMILES string of the molecule is CCN(CC)C(C)c1c[nH]c2ccc(OC)cc2c1=O. The zero-order chi connectivity index (χ0) is 14.7. The van der Waals surface area contributed by atoms with Crippen LogP contribution < -0.4 is 10.2 Å². The summed E-state index contributed by atoms with van der Waals surface area (Å²) in [7, 11) is 1.61. The van der Waals surface area contributed by atoms with Gasteiger partial charge in [0.2, 0.25) is 0 Å². The number of pyridine rings is 1. The number of H-pyrrole nitrogens is 1. The highest BCUT2D eigenvalue weighted by Crippen LogP contribution is 2.21. The van der Waals surface area contributed by atoms with E-state index in [-0.39, 0.29) is 11.5 Å². The second-order valence-electron chi connectivity index (χ2n) is 4.88. The minimum absolute atomic E-state index is 0.0806. The van der Waals surface area contributed by atoms with Gasteiger partial charge in [0.1, 0.15) is 5.75 Å². The van der Waals surface area contributed by atoms with Crippen molar-refractivity contribution in [3.63, 3.8) is 0 Å². The number of benzene rings is 1. The van der Waals surface area contributed by atoms with Crippen molar-refractivity contribution in [3.05, 3.63) is 40.2 Å². The molecule has 0 saturated heterocycles. The van der Waals surface area contributed by atoms with Crippen molar-refractivity contribution in [2.45, 2.75) is 26.8 Å². The average molecular weight is 274 g/mol. The third kappa shape index (κ3) is 2.56. The highest BCUT2D eigenvalue weighted by atomic mass is 16.5. The lowest BCUT2D eigenvalue weighted by molar-refractivity contribution is 0.233. The van der Waals surface area contributed by atoms with Gasteiger partial charge in [0.15, 0.2) is 5.43 Å². The van der Waals surface area contributed by atoms with Crippen molar-refractivity contribution in [1.82, 2.24) is 9.88 Å². The molecule has 0 saturated carbocycles. The Morgan fingerprint density at radius 1 is 1.30 bits per heavy atom. The van der Waals surface area contributed by atoms with Gasteiger partial charge in [-0.25, -0.2) is 0 Å². The van der Waals surface area contributed by atoms with E-state index < -0.39 is 0 Å². The van der Waals surface area contributed by atoms with Crippen molar-refractivity contribution in [3.8, 4) is 5.75 Å². The fourth-order valence-electron chi connectivity index (χ4n) is 2.62. The van der Waals surface area contributed by atoms with Gasteiger partial charge in [0.05, 0.1) is 7.11 Å². The maximum atomic E-state index is 12.7. The Morgan fingerprint density at radius 3 is 2.60 bits per heavy atom. The van der Waals surface area contributed by atoms with E-state index in [1.165, 1.54) is 0 Å². The number of nitrogens with one attached hydrogen (secondary N) is 1. The number of rotatable bonds is 5. The van der Waals surface area contributed by atoms with Crippen LogP contribution in [0.5, 0.6) is 5.75 Å². The molecule has 1 aromatic heterocycles. The number of fused-ring (bicyclic) bond motifs is 1. The van der Waals surface area contributed by atoms with Gasteiger partial charge in [-0.1, -0.05) is 13.8 Å². The number of hydrogen-bond donors (Lipinski definition) is 1. The van der Waals surface area contributed by atoms with Crippen LogP contribution in [0.1, 0.15) is 32.4 Å². The molecule has 2 aromatic rings. The smallest absolute Gasteiger partial charge is 0.194 e. The van der Waals surface area contributed by atoms with Crippen LogP contribution in [0.25, 0.3) is 10.9 Å². The summed E-state index contributed by atoms with van der Waals surface area (Å²) in [6.45, 7) is 8.14. The molecule has 0 bridgehead atoms. The molecule has 0 aliphatic carbocycles. The van der Waals surface area contributed by atoms with Crippen LogP contribution in [-0.2, 0) is 0 Å². The molecular weight excluding hydrogens is 252 g/mol. The van der Waals surface area contributed by atoms with Crippen molar-refractivity contribution in [2.75, 3.05) is 20.2 Å². The summed E-state index contributed by atoms with van der Waals surface area (Å²) in [6.07, 6.45) is 1.83. The molecule has 0 aliphatic rings. The van der Waals surface area contributed by atoms with E-state index in [1.807, 2.05) is 18.3 Å². The zero-order valence-electron chi connectivity index (χ0n) is 12.6. The average Bonchev–Trinajstić information content (AvgIpc) is 2.48. The van der Waals surface area contributed by atoms with Crippen molar-refractivity contribution >= 4 is 10.9 Å². The first-order chi connectivity index (χ1) is 9.62. The minimum atomic E-state index is 0.0806. The van der Waals surface area contributed by atoms with E-state index in [1.54, 1.807) is 13.2 Å². The van der Waals surface area contributed by atoms with Crippen LogP contribution in [0.2, 0.25) is 0 Å². The first-order valence-corrected chi connectivity index (χ1v) is 7.05. The van der Waals surface area contributed by atoms with Crippen molar-refractivity contribution in [2.24, 2.45) is 0 Å². The molecule has 0 amide bonds. The Bertz CT molecular complexity index is 644. The fourth-order valence-corrected chi connectivity index (χ4v) is 2.62. The molecule has 1 unspecified atom stereocenters. The molecule has 20 heavy (non-hydrogen) atoms. The number of ether oxygens (including phenoxy) is 1. The molecule has 1 N–H and O–H groups in total. The van der Waals surface area contributed by atoms with Crippen molar-refractivity contribution in [1.29, 1.82) is 0 Å². The standard InChI is InChI=1S/C16H22N2O2/c1-5-18(6-2)11(3)14-10-17-15-8-7-12(20-4)9-13(15)16(14)19/h7-11H,5-6H2,1-4H3,(H,17,19). The molecule has 1 aromatic carbocycles. The Kier molecular flexibility index (Phi) is 4.45. The second kappa shape index (κ2) is 6.09. The Labute approximate surface area is 119 Å². The van der Waals surface area contributed by atoms with Gasteiger partial charge in [-0.05, 0) is 38.2 Å². The number of hydrogen-bond acceptors (Lipinski definition) is 3. The molecule has 108 valence electrons. The predicted octanol–water partition coefficient (Wildman–Crippen LogP) is 2.94. The summed E-state index contributed by atoms with van der Waals surface area (Å²) in [5.41, 5.74) is 1.72. The molecular formula is C16H22N2O2. The molecule has 0 spiro atoms. The summed E-state index contributed by atoms with van der Waals surface area (Å²) >= 11 is 0. The zero-order valence-corrected chi connectivity index (χ0v) is 12.6. The number of nitrogens with zero attached hydrogens (tertiary/aromatic N) is 1. The van der Waals surface area contributed by atoms with E-state index in [2.05, 4.69) is 30.7 Å². The normalized spacial score (nSPS) is 12.8. The number of aromatic amines is 1. The first kappa shape index (κ1) is 14.6. The van der Waals surface area contributed by atoms with Crippen LogP contribution in [-0.4, -0.2) is 30.1 Å². The Hall–Kier alpha value is -1.81. The topological polar surface area (TPSA) is 45.3 Å². The quantitative estimate of drug-likeness (QED) is 0.911. The molecule has 0 aliphatic heterocycles. The van der Waals surface area contributed by atoms with E-state index in [4.69, 9.17) is 4.74 Å². The van der Waals surface area contributed by atoms with Crippen molar-refractivity contribution < 1.29 is 4.74 Å².